The van der Waals surface area contributed by atoms with Crippen molar-refractivity contribution in [3.8, 4) is 0 Å². The minimum Gasteiger partial charge on any atom is -0.438 e. The van der Waals surface area contributed by atoms with Crippen LogP contribution in [0, 0.1) is 0 Å². The number of hydrogen-bond donors (Lipinski definition) is 1. The van der Waals surface area contributed by atoms with Crippen LogP contribution in [-0.2, 0) is 21.2 Å². The fraction of sp³-hybridized carbons (Fsp3) is 0.389. The van der Waals surface area contributed by atoms with Gasteiger partial charge in [-0.2, -0.15) is 0 Å². The molecule has 2 aromatic rings. The van der Waals surface area contributed by atoms with Crippen molar-refractivity contribution in [2.45, 2.75) is 30.5 Å². The number of amides is 1. The van der Waals surface area contributed by atoms with Gasteiger partial charge in [-0.1, -0.05) is 18.2 Å². The van der Waals surface area contributed by atoms with Gasteiger partial charge in [-0.25, -0.2) is 13.1 Å². The highest BCUT2D eigenvalue weighted by Gasteiger charge is 2.29. The standard InChI is InChI=1S/C18H20N2O5S/c21-18(20-10-9-13-4-1-2-6-15(13)20)16-7-8-17(25-16)26(22,23)19-12-14-5-3-11-24-14/h1-2,4,6-8,14,19H,3,5,9-12H2/t14-/m1/s1. The average Bonchev–Trinajstić information content (AvgIpc) is 3.40. The number of ether oxygens (including phenoxy) is 1. The summed E-state index contributed by atoms with van der Waals surface area (Å²) in [5, 5.41) is -0.258. The summed E-state index contributed by atoms with van der Waals surface area (Å²) in [6.07, 6.45) is 2.43. The molecular weight excluding hydrogens is 356 g/mol. The van der Waals surface area contributed by atoms with E-state index in [1.54, 1.807) is 4.90 Å². The Bertz CT molecular complexity index is 915. The summed E-state index contributed by atoms with van der Waals surface area (Å²) < 4.78 is 38.0. The first-order valence-electron chi connectivity index (χ1n) is 8.65. The molecule has 2 aliphatic heterocycles. The average molecular weight is 376 g/mol. The summed E-state index contributed by atoms with van der Waals surface area (Å²) in [4.78, 5) is 14.3. The lowest BCUT2D eigenvalue weighted by Gasteiger charge is -2.15. The van der Waals surface area contributed by atoms with Gasteiger partial charge >= 0.3 is 0 Å². The van der Waals surface area contributed by atoms with Gasteiger partial charge in [-0.15, -0.1) is 0 Å². The van der Waals surface area contributed by atoms with E-state index in [0.29, 0.717) is 13.2 Å². The SMILES string of the molecule is O=C(c1ccc(S(=O)(=O)NC[C@H]2CCCO2)o1)N1CCc2ccccc21. The topological polar surface area (TPSA) is 88.8 Å². The van der Waals surface area contributed by atoms with E-state index in [9.17, 15) is 13.2 Å². The minimum atomic E-state index is -3.81. The number of nitrogens with one attached hydrogen (secondary N) is 1. The molecule has 1 saturated heterocycles. The summed E-state index contributed by atoms with van der Waals surface area (Å²) >= 11 is 0. The Hall–Kier alpha value is -2.16. The van der Waals surface area contributed by atoms with Crippen LogP contribution in [0.1, 0.15) is 29.0 Å². The molecular formula is C18H20N2O5S. The van der Waals surface area contributed by atoms with Gasteiger partial charge in [0, 0.05) is 25.4 Å². The van der Waals surface area contributed by atoms with E-state index < -0.39 is 10.0 Å². The Labute approximate surface area is 152 Å². The minimum absolute atomic E-state index is 0.0131. The predicted octanol–water partition coefficient (Wildman–Crippen LogP) is 1.94. The molecule has 1 amide bonds. The van der Waals surface area contributed by atoms with Gasteiger partial charge < -0.3 is 14.1 Å². The molecule has 0 bridgehead atoms. The van der Waals surface area contributed by atoms with E-state index in [0.717, 1.165) is 30.5 Å². The van der Waals surface area contributed by atoms with Crippen molar-refractivity contribution >= 4 is 21.6 Å². The molecule has 0 radical (unpaired) electrons. The third-order valence-electron chi connectivity index (χ3n) is 4.71. The van der Waals surface area contributed by atoms with E-state index in [4.69, 9.17) is 9.15 Å². The number of carbonyl (C=O) groups excluding carboxylic acids is 1. The maximum Gasteiger partial charge on any atom is 0.294 e. The summed E-state index contributed by atoms with van der Waals surface area (Å²) in [6, 6.07) is 10.4. The molecule has 1 N–H and O–H groups in total. The first-order valence-corrected chi connectivity index (χ1v) is 10.1. The first kappa shape index (κ1) is 17.3. The van der Waals surface area contributed by atoms with Crippen LogP contribution < -0.4 is 9.62 Å². The predicted molar refractivity (Wildman–Crippen MR) is 94.7 cm³/mol. The fourth-order valence-corrected chi connectivity index (χ4v) is 4.34. The van der Waals surface area contributed by atoms with E-state index in [1.807, 2.05) is 24.3 Å². The zero-order chi connectivity index (χ0) is 18.1. The van der Waals surface area contributed by atoms with Crippen LogP contribution in [-0.4, -0.2) is 40.1 Å². The van der Waals surface area contributed by atoms with Crippen LogP contribution >= 0.6 is 0 Å². The molecule has 1 fully saturated rings. The maximum atomic E-state index is 12.7. The zero-order valence-corrected chi connectivity index (χ0v) is 15.0. The highest BCUT2D eigenvalue weighted by molar-refractivity contribution is 7.89. The molecule has 3 heterocycles. The smallest absolute Gasteiger partial charge is 0.294 e. The Morgan fingerprint density at radius 2 is 2.08 bits per heavy atom. The van der Waals surface area contributed by atoms with Crippen molar-refractivity contribution in [1.29, 1.82) is 0 Å². The molecule has 0 aliphatic carbocycles. The van der Waals surface area contributed by atoms with Gasteiger partial charge in [-0.05, 0) is 43.0 Å². The molecule has 0 saturated carbocycles. The van der Waals surface area contributed by atoms with Crippen LogP contribution in [0.25, 0.3) is 0 Å². The van der Waals surface area contributed by atoms with Gasteiger partial charge in [0.2, 0.25) is 5.09 Å². The second kappa shape index (κ2) is 6.86. The molecule has 7 nitrogen and oxygen atoms in total. The van der Waals surface area contributed by atoms with Crippen LogP contribution in [0.2, 0.25) is 0 Å². The molecule has 26 heavy (non-hydrogen) atoms. The number of fused-ring (bicyclic) bond motifs is 1. The van der Waals surface area contributed by atoms with E-state index in [2.05, 4.69) is 4.72 Å². The second-order valence-electron chi connectivity index (χ2n) is 6.44. The molecule has 0 unspecified atom stereocenters. The molecule has 8 heteroatoms. The summed E-state index contributed by atoms with van der Waals surface area (Å²) in [5.41, 5.74) is 1.94. The lowest BCUT2D eigenvalue weighted by atomic mass is 10.2. The number of hydrogen-bond acceptors (Lipinski definition) is 5. The van der Waals surface area contributed by atoms with Gasteiger partial charge in [-0.3, -0.25) is 4.79 Å². The Balaban J connectivity index is 1.48. The Morgan fingerprint density at radius 1 is 1.23 bits per heavy atom. The van der Waals surface area contributed by atoms with Crippen molar-refractivity contribution < 1.29 is 22.4 Å². The number of rotatable bonds is 5. The zero-order valence-electron chi connectivity index (χ0n) is 14.2. The van der Waals surface area contributed by atoms with Gasteiger partial charge in [0.15, 0.2) is 5.76 Å². The molecule has 1 aromatic carbocycles. The van der Waals surface area contributed by atoms with Crippen molar-refractivity contribution in [3.63, 3.8) is 0 Å². The van der Waals surface area contributed by atoms with Crippen LogP contribution in [0.5, 0.6) is 0 Å². The normalized spacial score (nSPS) is 19.7. The van der Waals surface area contributed by atoms with Crippen molar-refractivity contribution in [3.05, 3.63) is 47.7 Å². The monoisotopic (exact) mass is 376 g/mol. The third-order valence-corrected chi connectivity index (χ3v) is 6.01. The van der Waals surface area contributed by atoms with Crippen molar-refractivity contribution in [2.24, 2.45) is 0 Å². The molecule has 1 aromatic heterocycles. The first-order chi connectivity index (χ1) is 12.5. The Morgan fingerprint density at radius 3 is 2.88 bits per heavy atom. The van der Waals surface area contributed by atoms with Crippen LogP contribution in [0.15, 0.2) is 45.9 Å². The number of benzene rings is 1. The maximum absolute atomic E-state index is 12.7. The van der Waals surface area contributed by atoms with Gasteiger partial charge in [0.25, 0.3) is 15.9 Å². The Kier molecular flexibility index (Phi) is 4.56. The summed E-state index contributed by atoms with van der Waals surface area (Å²) in [7, 11) is -3.81. The number of para-hydroxylation sites is 1. The third kappa shape index (κ3) is 3.27. The van der Waals surface area contributed by atoms with Crippen molar-refractivity contribution in [2.75, 3.05) is 24.6 Å². The van der Waals surface area contributed by atoms with Crippen molar-refractivity contribution in [1.82, 2.24) is 4.72 Å². The van der Waals surface area contributed by atoms with E-state index in [-0.39, 0.29) is 29.4 Å². The highest BCUT2D eigenvalue weighted by atomic mass is 32.2. The molecule has 0 spiro atoms. The summed E-state index contributed by atoms with van der Waals surface area (Å²) in [5.74, 6) is -0.324. The summed E-state index contributed by atoms with van der Waals surface area (Å²) in [6.45, 7) is 1.41. The second-order valence-corrected chi connectivity index (χ2v) is 8.14. The van der Waals surface area contributed by atoms with Crippen LogP contribution in [0.4, 0.5) is 5.69 Å². The number of carbonyl (C=O) groups is 1. The lowest BCUT2D eigenvalue weighted by molar-refractivity contribution is 0.0957. The number of furan rings is 1. The quantitative estimate of drug-likeness (QED) is 0.861. The van der Waals surface area contributed by atoms with E-state index >= 15 is 0 Å². The molecule has 4 rings (SSSR count). The number of anilines is 1. The van der Waals surface area contributed by atoms with Gasteiger partial charge in [0.1, 0.15) is 0 Å². The van der Waals surface area contributed by atoms with E-state index in [1.165, 1.54) is 12.1 Å². The largest absolute Gasteiger partial charge is 0.438 e. The van der Waals surface area contributed by atoms with Crippen LogP contribution in [0.3, 0.4) is 0 Å². The molecule has 138 valence electrons. The van der Waals surface area contributed by atoms with Gasteiger partial charge in [0.05, 0.1) is 6.10 Å². The highest BCUT2D eigenvalue weighted by Crippen LogP contribution is 2.29. The molecule has 2 aliphatic rings. The number of sulfonamides is 1. The number of nitrogens with zero attached hydrogens (tertiary/aromatic N) is 1. The fourth-order valence-electron chi connectivity index (χ4n) is 3.34. The lowest BCUT2D eigenvalue weighted by Crippen LogP contribution is -2.31. The molecule has 1 atom stereocenters.